The van der Waals surface area contributed by atoms with Crippen molar-refractivity contribution in [2.45, 2.75) is 43.4 Å². The summed E-state index contributed by atoms with van der Waals surface area (Å²) in [6, 6.07) is 14.8. The standard InChI is InChI=1S/C27H29N5O4/c28-18-27(24-6-1-3-10-29-24)8-12-31(13-9-27)16-19-15-20(26(35)32-11-4-2-5-22(19)32)25(34)30-21-17-36-14-7-23(21)33/h1-6,10-11,15,21,23,33H,7-9,12-14,16-17H2,(H,30,34)/t21-,23-/m1/s1. The van der Waals surface area contributed by atoms with Crippen LogP contribution in [-0.2, 0) is 16.7 Å². The van der Waals surface area contributed by atoms with Gasteiger partial charge in [-0.05, 0) is 55.2 Å². The molecule has 2 N–H and O–H groups in total. The minimum absolute atomic E-state index is 0.0309. The van der Waals surface area contributed by atoms with E-state index in [2.05, 4.69) is 21.3 Å². The molecule has 2 aliphatic rings. The van der Waals surface area contributed by atoms with E-state index in [1.165, 1.54) is 4.40 Å². The highest BCUT2D eigenvalue weighted by Crippen LogP contribution is 2.34. The lowest BCUT2D eigenvalue weighted by molar-refractivity contribution is -0.0140. The number of nitrogens with zero attached hydrogens (tertiary/aromatic N) is 4. The smallest absolute Gasteiger partial charge is 0.267 e. The molecule has 0 aliphatic carbocycles. The monoisotopic (exact) mass is 487 g/mol. The van der Waals surface area contributed by atoms with Crippen molar-refractivity contribution >= 4 is 11.4 Å². The summed E-state index contributed by atoms with van der Waals surface area (Å²) in [7, 11) is 0. The average molecular weight is 488 g/mol. The van der Waals surface area contributed by atoms with E-state index in [9.17, 15) is 20.0 Å². The highest BCUT2D eigenvalue weighted by molar-refractivity contribution is 5.94. The molecule has 2 atom stereocenters. The van der Waals surface area contributed by atoms with Crippen molar-refractivity contribution in [1.29, 1.82) is 5.26 Å². The van der Waals surface area contributed by atoms with Crippen molar-refractivity contribution in [3.05, 3.63) is 82.0 Å². The first-order valence-corrected chi connectivity index (χ1v) is 12.3. The van der Waals surface area contributed by atoms with Gasteiger partial charge in [0, 0.05) is 38.6 Å². The van der Waals surface area contributed by atoms with Crippen LogP contribution in [0.3, 0.4) is 0 Å². The van der Waals surface area contributed by atoms with Crippen molar-refractivity contribution in [2.75, 3.05) is 26.3 Å². The van der Waals surface area contributed by atoms with E-state index in [1.807, 2.05) is 30.3 Å². The number of aliphatic hydroxyl groups is 1. The molecule has 2 aliphatic heterocycles. The molecule has 9 heteroatoms. The lowest BCUT2D eigenvalue weighted by Gasteiger charge is -2.37. The Morgan fingerprint density at radius 2 is 2.06 bits per heavy atom. The third-order valence-corrected chi connectivity index (χ3v) is 7.31. The second-order valence-corrected chi connectivity index (χ2v) is 9.54. The average Bonchev–Trinajstić information content (AvgIpc) is 2.92. The number of nitriles is 1. The van der Waals surface area contributed by atoms with Gasteiger partial charge in [0.15, 0.2) is 0 Å². The van der Waals surface area contributed by atoms with Gasteiger partial charge in [-0.2, -0.15) is 5.26 Å². The van der Waals surface area contributed by atoms with E-state index < -0.39 is 29.0 Å². The number of ether oxygens (including phenoxy) is 1. The second kappa shape index (κ2) is 10.2. The third kappa shape index (κ3) is 4.63. The molecule has 5 rings (SSSR count). The first kappa shape index (κ1) is 24.1. The van der Waals surface area contributed by atoms with Crippen molar-refractivity contribution in [3.63, 3.8) is 0 Å². The summed E-state index contributed by atoms with van der Waals surface area (Å²) in [5.41, 5.74) is 1.40. The fraction of sp³-hybridized carbons (Fsp3) is 0.407. The molecule has 0 aromatic carbocycles. The Morgan fingerprint density at radius 1 is 1.25 bits per heavy atom. The maximum atomic E-state index is 13.2. The fourth-order valence-corrected chi connectivity index (χ4v) is 5.13. The Balaban J connectivity index is 1.39. The summed E-state index contributed by atoms with van der Waals surface area (Å²) in [5.74, 6) is -0.522. The number of pyridine rings is 3. The summed E-state index contributed by atoms with van der Waals surface area (Å²) in [5, 5.41) is 23.0. The van der Waals surface area contributed by atoms with Crippen LogP contribution in [0.2, 0.25) is 0 Å². The van der Waals surface area contributed by atoms with Gasteiger partial charge in [0.1, 0.15) is 11.0 Å². The second-order valence-electron chi connectivity index (χ2n) is 9.54. The van der Waals surface area contributed by atoms with Gasteiger partial charge >= 0.3 is 0 Å². The number of amides is 1. The molecule has 36 heavy (non-hydrogen) atoms. The van der Waals surface area contributed by atoms with Gasteiger partial charge in [0.25, 0.3) is 11.5 Å². The maximum Gasteiger partial charge on any atom is 0.267 e. The number of rotatable bonds is 5. The van der Waals surface area contributed by atoms with Gasteiger partial charge in [-0.25, -0.2) is 0 Å². The minimum Gasteiger partial charge on any atom is -0.391 e. The van der Waals surface area contributed by atoms with Gasteiger partial charge in [-0.1, -0.05) is 12.1 Å². The molecule has 3 aromatic heterocycles. The summed E-state index contributed by atoms with van der Waals surface area (Å²) >= 11 is 0. The Morgan fingerprint density at radius 3 is 2.78 bits per heavy atom. The Kier molecular flexibility index (Phi) is 6.83. The molecular formula is C27H29N5O4. The molecular weight excluding hydrogens is 458 g/mol. The maximum absolute atomic E-state index is 13.2. The molecule has 0 radical (unpaired) electrons. The number of aromatic nitrogens is 2. The van der Waals surface area contributed by atoms with Crippen LogP contribution in [0.15, 0.2) is 59.7 Å². The molecule has 0 spiro atoms. The zero-order chi connectivity index (χ0) is 25.1. The molecule has 0 unspecified atom stereocenters. The largest absolute Gasteiger partial charge is 0.391 e. The number of likely N-dealkylation sites (tertiary alicyclic amines) is 1. The molecule has 9 nitrogen and oxygen atoms in total. The van der Waals surface area contributed by atoms with Crippen molar-refractivity contribution < 1.29 is 14.6 Å². The number of hydrogen-bond acceptors (Lipinski definition) is 7. The third-order valence-electron chi connectivity index (χ3n) is 7.31. The first-order chi connectivity index (χ1) is 17.5. The fourth-order valence-electron chi connectivity index (χ4n) is 5.13. The van der Waals surface area contributed by atoms with Crippen LogP contribution in [0.4, 0.5) is 0 Å². The summed E-state index contributed by atoms with van der Waals surface area (Å²) in [6.07, 6.45) is 4.41. The van der Waals surface area contributed by atoms with Crippen LogP contribution in [0, 0.1) is 11.3 Å². The highest BCUT2D eigenvalue weighted by Gasteiger charge is 2.37. The van der Waals surface area contributed by atoms with Crippen molar-refractivity contribution in [1.82, 2.24) is 19.6 Å². The molecule has 2 fully saturated rings. The van der Waals surface area contributed by atoms with Crippen LogP contribution >= 0.6 is 0 Å². The van der Waals surface area contributed by atoms with Gasteiger partial charge < -0.3 is 15.2 Å². The lowest BCUT2D eigenvalue weighted by Crippen LogP contribution is -2.50. The Hall–Kier alpha value is -3.58. The van der Waals surface area contributed by atoms with Crippen molar-refractivity contribution in [3.8, 4) is 6.07 Å². The zero-order valence-corrected chi connectivity index (χ0v) is 20.0. The summed E-state index contributed by atoms with van der Waals surface area (Å²) in [4.78, 5) is 33.0. The van der Waals surface area contributed by atoms with E-state index >= 15 is 0 Å². The lowest BCUT2D eigenvalue weighted by atomic mass is 9.76. The number of carbonyl (C=O) groups excluding carboxylic acids is 1. The normalized spacial score (nSPS) is 22.1. The Labute approximate surface area is 209 Å². The SMILES string of the molecule is N#CC1(c2ccccn2)CCN(Cc2cc(C(=O)N[C@@H]3COCC[C@H]3O)c(=O)n3ccccc23)CC1. The molecule has 0 saturated carbocycles. The quantitative estimate of drug-likeness (QED) is 0.561. The number of nitrogens with one attached hydrogen (secondary N) is 1. The number of aliphatic hydroxyl groups excluding tert-OH is 1. The van der Waals surface area contributed by atoms with Gasteiger partial charge in [0.05, 0.1) is 36.0 Å². The molecule has 0 bridgehead atoms. The first-order valence-electron chi connectivity index (χ1n) is 12.3. The van der Waals surface area contributed by atoms with E-state index in [1.54, 1.807) is 24.5 Å². The van der Waals surface area contributed by atoms with Crippen LogP contribution < -0.4 is 10.9 Å². The van der Waals surface area contributed by atoms with Crippen LogP contribution in [0.25, 0.3) is 5.52 Å². The molecule has 186 valence electrons. The van der Waals surface area contributed by atoms with Gasteiger partial charge in [-0.3, -0.25) is 23.9 Å². The van der Waals surface area contributed by atoms with Crippen LogP contribution in [-0.4, -0.2) is 63.7 Å². The van der Waals surface area contributed by atoms with Crippen LogP contribution in [0.5, 0.6) is 0 Å². The summed E-state index contributed by atoms with van der Waals surface area (Å²) in [6.45, 7) is 2.57. The number of piperidine rings is 1. The number of hydrogen-bond donors (Lipinski definition) is 2. The number of fused-ring (bicyclic) bond motifs is 1. The molecule has 3 aromatic rings. The van der Waals surface area contributed by atoms with E-state index in [4.69, 9.17) is 4.74 Å². The van der Waals surface area contributed by atoms with Crippen molar-refractivity contribution in [2.24, 2.45) is 0 Å². The molecule has 2 saturated heterocycles. The molecule has 1 amide bonds. The van der Waals surface area contributed by atoms with Gasteiger partial charge in [0.2, 0.25) is 0 Å². The number of carbonyl (C=O) groups is 1. The molecule has 5 heterocycles. The topological polar surface area (TPSA) is 120 Å². The zero-order valence-electron chi connectivity index (χ0n) is 20.0. The van der Waals surface area contributed by atoms with E-state index in [0.29, 0.717) is 45.5 Å². The predicted octanol–water partition coefficient (Wildman–Crippen LogP) is 1.63. The minimum atomic E-state index is -0.710. The Bertz CT molecular complexity index is 1340. The van der Waals surface area contributed by atoms with Crippen LogP contribution in [0.1, 0.15) is 40.9 Å². The van der Waals surface area contributed by atoms with E-state index in [0.717, 1.165) is 16.8 Å². The predicted molar refractivity (Wildman–Crippen MR) is 132 cm³/mol. The van der Waals surface area contributed by atoms with E-state index in [-0.39, 0.29) is 12.2 Å². The summed E-state index contributed by atoms with van der Waals surface area (Å²) < 4.78 is 6.88. The highest BCUT2D eigenvalue weighted by atomic mass is 16.5. The van der Waals surface area contributed by atoms with Gasteiger partial charge in [-0.15, -0.1) is 0 Å².